The molecule has 0 fully saturated rings. The standard InChI is InChI=1S/C9H9N3/c1-5-2-3-6-7(4-5)9(11)12-8(6)10/h2-4H,1H3,(H3,10,11,12). The molecule has 1 heterocycles. The Morgan fingerprint density at radius 3 is 2.50 bits per heavy atom. The Bertz CT molecular complexity index is 379. The van der Waals surface area contributed by atoms with E-state index < -0.39 is 0 Å². The lowest BCUT2D eigenvalue weighted by Gasteiger charge is -1.96. The smallest absolute Gasteiger partial charge is 0.131 e. The van der Waals surface area contributed by atoms with Crippen molar-refractivity contribution < 1.29 is 0 Å². The van der Waals surface area contributed by atoms with Crippen molar-refractivity contribution in [1.82, 2.24) is 5.32 Å². The van der Waals surface area contributed by atoms with Crippen molar-refractivity contribution in [3.63, 3.8) is 0 Å². The third kappa shape index (κ3) is 0.830. The van der Waals surface area contributed by atoms with E-state index >= 15 is 0 Å². The van der Waals surface area contributed by atoms with Crippen LogP contribution in [0.2, 0.25) is 0 Å². The number of amidine groups is 2. The van der Waals surface area contributed by atoms with Crippen LogP contribution >= 0.6 is 0 Å². The van der Waals surface area contributed by atoms with Crippen molar-refractivity contribution in [1.29, 1.82) is 10.8 Å². The molecule has 0 aromatic heterocycles. The topological polar surface area (TPSA) is 59.7 Å². The lowest BCUT2D eigenvalue weighted by molar-refractivity contribution is 1.29. The molecule has 1 aliphatic rings. The van der Waals surface area contributed by atoms with Crippen molar-refractivity contribution in [2.45, 2.75) is 6.92 Å². The molecule has 12 heavy (non-hydrogen) atoms. The predicted molar refractivity (Wildman–Crippen MR) is 48.0 cm³/mol. The van der Waals surface area contributed by atoms with Crippen LogP contribution in [0.5, 0.6) is 0 Å². The minimum Gasteiger partial charge on any atom is -0.325 e. The summed E-state index contributed by atoms with van der Waals surface area (Å²) in [6.45, 7) is 1.98. The summed E-state index contributed by atoms with van der Waals surface area (Å²) in [5, 5.41) is 17.7. The van der Waals surface area contributed by atoms with E-state index in [1.807, 2.05) is 25.1 Å². The van der Waals surface area contributed by atoms with Gasteiger partial charge in [0.05, 0.1) is 0 Å². The number of rotatable bonds is 0. The molecule has 1 aliphatic heterocycles. The molecular formula is C9H9N3. The molecule has 0 unspecified atom stereocenters. The van der Waals surface area contributed by atoms with Crippen LogP contribution in [0, 0.1) is 17.7 Å². The van der Waals surface area contributed by atoms with Gasteiger partial charge in [0.15, 0.2) is 0 Å². The Hall–Kier alpha value is -1.64. The average Bonchev–Trinajstić information content (AvgIpc) is 2.28. The Morgan fingerprint density at radius 2 is 1.75 bits per heavy atom. The van der Waals surface area contributed by atoms with Gasteiger partial charge < -0.3 is 5.32 Å². The molecule has 0 radical (unpaired) electrons. The Kier molecular flexibility index (Phi) is 1.27. The van der Waals surface area contributed by atoms with Crippen LogP contribution in [0.3, 0.4) is 0 Å². The summed E-state index contributed by atoms with van der Waals surface area (Å²) in [4.78, 5) is 0. The van der Waals surface area contributed by atoms with Gasteiger partial charge in [-0.25, -0.2) is 0 Å². The van der Waals surface area contributed by atoms with E-state index in [0.717, 1.165) is 16.7 Å². The molecular weight excluding hydrogens is 150 g/mol. The second-order valence-electron chi connectivity index (χ2n) is 2.92. The van der Waals surface area contributed by atoms with E-state index in [2.05, 4.69) is 5.32 Å². The lowest BCUT2D eigenvalue weighted by Crippen LogP contribution is -2.20. The van der Waals surface area contributed by atoms with Gasteiger partial charge in [0.2, 0.25) is 0 Å². The predicted octanol–water partition coefficient (Wildman–Crippen LogP) is 1.25. The highest BCUT2D eigenvalue weighted by Gasteiger charge is 2.19. The highest BCUT2D eigenvalue weighted by atomic mass is 15.0. The van der Waals surface area contributed by atoms with Crippen molar-refractivity contribution in [3.8, 4) is 0 Å². The number of benzene rings is 1. The largest absolute Gasteiger partial charge is 0.325 e. The zero-order valence-corrected chi connectivity index (χ0v) is 6.73. The first-order valence-corrected chi connectivity index (χ1v) is 3.74. The molecule has 2 rings (SSSR count). The number of hydrogen-bond donors (Lipinski definition) is 3. The zero-order valence-electron chi connectivity index (χ0n) is 6.73. The number of hydrogen-bond acceptors (Lipinski definition) is 2. The van der Waals surface area contributed by atoms with Crippen LogP contribution in [0.15, 0.2) is 18.2 Å². The fraction of sp³-hybridized carbons (Fsp3) is 0.111. The van der Waals surface area contributed by atoms with Crippen LogP contribution < -0.4 is 5.32 Å². The summed E-state index contributed by atoms with van der Waals surface area (Å²) < 4.78 is 0. The molecule has 0 amide bonds. The molecule has 3 heteroatoms. The maximum absolute atomic E-state index is 7.51. The first kappa shape index (κ1) is 7.03. The molecule has 3 nitrogen and oxygen atoms in total. The summed E-state index contributed by atoms with van der Waals surface area (Å²) >= 11 is 0. The zero-order chi connectivity index (χ0) is 8.72. The fourth-order valence-electron chi connectivity index (χ4n) is 1.34. The lowest BCUT2D eigenvalue weighted by atomic mass is 10.1. The van der Waals surface area contributed by atoms with Crippen LogP contribution in [0.1, 0.15) is 16.7 Å². The first-order chi connectivity index (χ1) is 5.68. The molecule has 0 aliphatic carbocycles. The van der Waals surface area contributed by atoms with Crippen molar-refractivity contribution >= 4 is 11.7 Å². The third-order valence-corrected chi connectivity index (χ3v) is 1.96. The minimum absolute atomic E-state index is 0.329. The van der Waals surface area contributed by atoms with Crippen LogP contribution in [0.4, 0.5) is 0 Å². The monoisotopic (exact) mass is 159 g/mol. The van der Waals surface area contributed by atoms with Gasteiger partial charge >= 0.3 is 0 Å². The molecule has 0 saturated carbocycles. The van der Waals surface area contributed by atoms with Crippen LogP contribution in [-0.2, 0) is 0 Å². The summed E-state index contributed by atoms with van der Waals surface area (Å²) in [6.07, 6.45) is 0. The average molecular weight is 159 g/mol. The maximum atomic E-state index is 7.51. The first-order valence-electron chi connectivity index (χ1n) is 3.74. The van der Waals surface area contributed by atoms with Crippen molar-refractivity contribution in [2.24, 2.45) is 0 Å². The van der Waals surface area contributed by atoms with Gasteiger partial charge in [-0.1, -0.05) is 17.7 Å². The summed E-state index contributed by atoms with van der Waals surface area (Å²) in [6, 6.07) is 5.75. The second-order valence-corrected chi connectivity index (χ2v) is 2.92. The molecule has 0 saturated heterocycles. The molecule has 1 aromatic carbocycles. The van der Waals surface area contributed by atoms with E-state index in [-0.39, 0.29) is 0 Å². The van der Waals surface area contributed by atoms with Crippen LogP contribution in [-0.4, -0.2) is 11.7 Å². The third-order valence-electron chi connectivity index (χ3n) is 1.96. The second kappa shape index (κ2) is 2.17. The quantitative estimate of drug-likeness (QED) is 0.524. The summed E-state index contributed by atoms with van der Waals surface area (Å²) in [5.41, 5.74) is 2.78. The van der Waals surface area contributed by atoms with E-state index in [1.54, 1.807) is 0 Å². The SMILES string of the molecule is Cc1ccc2c(c1)C(=N)NC2=N. The molecule has 60 valence electrons. The van der Waals surface area contributed by atoms with Crippen molar-refractivity contribution in [2.75, 3.05) is 0 Å². The molecule has 3 N–H and O–H groups in total. The van der Waals surface area contributed by atoms with Gasteiger partial charge in [-0.3, -0.25) is 10.8 Å². The van der Waals surface area contributed by atoms with Gasteiger partial charge in [0.1, 0.15) is 11.7 Å². The Morgan fingerprint density at radius 1 is 1.08 bits per heavy atom. The van der Waals surface area contributed by atoms with Gasteiger partial charge in [0, 0.05) is 11.1 Å². The highest BCUT2D eigenvalue weighted by molar-refractivity contribution is 6.23. The van der Waals surface area contributed by atoms with Gasteiger partial charge in [-0.15, -0.1) is 0 Å². The molecule has 0 atom stereocenters. The van der Waals surface area contributed by atoms with Crippen molar-refractivity contribution in [3.05, 3.63) is 34.9 Å². The van der Waals surface area contributed by atoms with E-state index in [1.165, 1.54) is 0 Å². The maximum Gasteiger partial charge on any atom is 0.131 e. The van der Waals surface area contributed by atoms with E-state index in [4.69, 9.17) is 10.8 Å². The van der Waals surface area contributed by atoms with Crippen LogP contribution in [0.25, 0.3) is 0 Å². The molecule has 0 spiro atoms. The van der Waals surface area contributed by atoms with Gasteiger partial charge in [0.25, 0.3) is 0 Å². The number of fused-ring (bicyclic) bond motifs is 1. The Balaban J connectivity index is 2.68. The highest BCUT2D eigenvalue weighted by Crippen LogP contribution is 2.16. The van der Waals surface area contributed by atoms with E-state index in [9.17, 15) is 0 Å². The van der Waals surface area contributed by atoms with E-state index in [0.29, 0.717) is 11.7 Å². The summed E-state index contributed by atoms with van der Waals surface area (Å²) in [5.74, 6) is 0.661. The molecule has 1 aromatic rings. The fourth-order valence-corrected chi connectivity index (χ4v) is 1.34. The Labute approximate surface area is 70.4 Å². The van der Waals surface area contributed by atoms with Gasteiger partial charge in [-0.05, 0) is 13.0 Å². The number of nitrogens with one attached hydrogen (secondary N) is 3. The minimum atomic E-state index is 0.329. The summed E-state index contributed by atoms with van der Waals surface area (Å²) in [7, 11) is 0. The van der Waals surface area contributed by atoms with Gasteiger partial charge in [-0.2, -0.15) is 0 Å². The molecule has 0 bridgehead atoms. The normalized spacial score (nSPS) is 14.4. The number of aryl methyl sites for hydroxylation is 1.